The van der Waals surface area contributed by atoms with Gasteiger partial charge in [-0.15, -0.1) is 0 Å². The summed E-state index contributed by atoms with van der Waals surface area (Å²) in [6.45, 7) is 0. The number of rotatable bonds is 7. The van der Waals surface area contributed by atoms with Crippen molar-refractivity contribution in [2.75, 3.05) is 0 Å². The van der Waals surface area contributed by atoms with E-state index in [2.05, 4.69) is 0 Å². The summed E-state index contributed by atoms with van der Waals surface area (Å²) in [4.78, 5) is 20.0. The van der Waals surface area contributed by atoms with E-state index in [9.17, 15) is 14.7 Å². The molecule has 13 heavy (non-hydrogen) atoms. The number of carboxylic acid groups (broad SMARTS) is 2. The van der Waals surface area contributed by atoms with Crippen LogP contribution in [0.1, 0.15) is 38.5 Å². The quantitative estimate of drug-likeness (QED) is 0.351. The fourth-order valence-corrected chi connectivity index (χ4v) is 0.899. The van der Waals surface area contributed by atoms with Gasteiger partial charge in [-0.1, -0.05) is 12.8 Å². The summed E-state index contributed by atoms with van der Waals surface area (Å²) >= 11 is 0. The van der Waals surface area contributed by atoms with Crippen LogP contribution in [0.15, 0.2) is 0 Å². The fraction of sp³-hybridized carbons (Fsp3) is 0.750. The number of hydrogen-bond acceptors (Lipinski definition) is 3. The van der Waals surface area contributed by atoms with Gasteiger partial charge in [-0.25, -0.2) is 0 Å². The summed E-state index contributed by atoms with van der Waals surface area (Å²) in [5.74, 6) is -1.83. The van der Waals surface area contributed by atoms with Crippen LogP contribution in [0, 0.1) is 0 Å². The van der Waals surface area contributed by atoms with Crippen LogP contribution in [-0.2, 0) is 9.59 Å². The Morgan fingerprint density at radius 1 is 1.00 bits per heavy atom. The molecule has 0 aromatic heterocycles. The second kappa shape index (κ2) is 10.0. The molecule has 0 aromatic carbocycles. The topological polar surface area (TPSA) is 77.4 Å². The van der Waals surface area contributed by atoms with E-state index in [0.29, 0.717) is 12.8 Å². The van der Waals surface area contributed by atoms with E-state index >= 15 is 0 Å². The van der Waals surface area contributed by atoms with Crippen LogP contribution >= 0.6 is 0 Å². The first-order chi connectivity index (χ1) is 5.63. The zero-order valence-electron chi connectivity index (χ0n) is 7.91. The van der Waals surface area contributed by atoms with Crippen molar-refractivity contribution in [3.8, 4) is 0 Å². The van der Waals surface area contributed by atoms with E-state index in [0.717, 1.165) is 12.8 Å². The van der Waals surface area contributed by atoms with Gasteiger partial charge >= 0.3 is 35.5 Å². The molecule has 70 valence electrons. The van der Waals surface area contributed by atoms with Crippen molar-refractivity contribution in [2.24, 2.45) is 0 Å². The van der Waals surface area contributed by atoms with Gasteiger partial charge in [0.2, 0.25) is 0 Å². The monoisotopic (exact) mass is 196 g/mol. The van der Waals surface area contributed by atoms with Crippen LogP contribution in [0.4, 0.5) is 0 Å². The van der Waals surface area contributed by atoms with Crippen molar-refractivity contribution >= 4 is 11.9 Å². The van der Waals surface area contributed by atoms with Crippen LogP contribution in [0.3, 0.4) is 0 Å². The largest absolute Gasteiger partial charge is 1.00 e. The maximum Gasteiger partial charge on any atom is 1.00 e. The Morgan fingerprint density at radius 2 is 1.46 bits per heavy atom. The summed E-state index contributed by atoms with van der Waals surface area (Å²) in [6.07, 6.45) is 3.00. The number of carbonyl (C=O) groups excluding carboxylic acids is 1. The van der Waals surface area contributed by atoms with Crippen LogP contribution in [0.25, 0.3) is 0 Å². The van der Waals surface area contributed by atoms with Crippen LogP contribution in [0.5, 0.6) is 0 Å². The van der Waals surface area contributed by atoms with Crippen molar-refractivity contribution in [1.82, 2.24) is 0 Å². The van der Waals surface area contributed by atoms with Gasteiger partial charge in [0.15, 0.2) is 0 Å². The molecule has 0 atom stereocenters. The average molecular weight is 196 g/mol. The fourth-order valence-electron chi connectivity index (χ4n) is 0.899. The SMILES string of the molecule is O=C([O-])CCCCCCC(=O)O.[Na+]. The van der Waals surface area contributed by atoms with Crippen LogP contribution in [0.2, 0.25) is 0 Å². The Hall–Kier alpha value is -0.0600. The molecule has 0 unspecified atom stereocenters. The zero-order valence-corrected chi connectivity index (χ0v) is 9.91. The molecule has 0 aromatic rings. The standard InChI is InChI=1S/C8H14O4.Na/c9-7(10)5-3-1-2-4-6-8(11)12;/h1-6H2,(H,9,10)(H,11,12);/q;+1/p-1. The van der Waals surface area contributed by atoms with Gasteiger partial charge in [-0.2, -0.15) is 0 Å². The second-order valence-corrected chi connectivity index (χ2v) is 2.68. The molecule has 5 heteroatoms. The Morgan fingerprint density at radius 3 is 1.85 bits per heavy atom. The molecule has 0 saturated carbocycles. The van der Waals surface area contributed by atoms with Crippen molar-refractivity contribution in [3.05, 3.63) is 0 Å². The minimum atomic E-state index is -1.03. The van der Waals surface area contributed by atoms with Gasteiger partial charge in [-0.3, -0.25) is 4.79 Å². The molecule has 0 fully saturated rings. The third-order valence-electron chi connectivity index (χ3n) is 1.52. The first-order valence-electron chi connectivity index (χ1n) is 4.04. The summed E-state index contributed by atoms with van der Waals surface area (Å²) in [7, 11) is 0. The molecule has 0 heterocycles. The van der Waals surface area contributed by atoms with Crippen molar-refractivity contribution in [2.45, 2.75) is 38.5 Å². The van der Waals surface area contributed by atoms with E-state index in [1.165, 1.54) is 0 Å². The van der Waals surface area contributed by atoms with Gasteiger partial charge < -0.3 is 15.0 Å². The molecule has 0 aliphatic heterocycles. The second-order valence-electron chi connectivity index (χ2n) is 2.68. The third-order valence-corrected chi connectivity index (χ3v) is 1.52. The molecule has 0 saturated heterocycles. The molecular formula is C8H13NaO4. The molecule has 0 amide bonds. The molecule has 0 aliphatic carbocycles. The van der Waals surface area contributed by atoms with Crippen molar-refractivity contribution in [3.63, 3.8) is 0 Å². The van der Waals surface area contributed by atoms with E-state index in [-0.39, 0.29) is 42.4 Å². The van der Waals surface area contributed by atoms with Crippen LogP contribution < -0.4 is 34.7 Å². The number of carbonyl (C=O) groups is 2. The Kier molecular flexibility index (Phi) is 11.9. The Labute approximate surface area is 99.6 Å². The summed E-state index contributed by atoms with van der Waals surface area (Å²) in [6, 6.07) is 0. The van der Waals surface area contributed by atoms with E-state index < -0.39 is 11.9 Å². The molecule has 0 aliphatic rings. The molecule has 0 spiro atoms. The molecular weight excluding hydrogens is 183 g/mol. The molecule has 0 radical (unpaired) electrons. The summed E-state index contributed by atoms with van der Waals surface area (Å²) < 4.78 is 0. The molecule has 0 rings (SSSR count). The normalized spacial score (nSPS) is 8.92. The summed E-state index contributed by atoms with van der Waals surface area (Å²) in [5, 5.41) is 18.2. The predicted octanol–water partition coefficient (Wildman–Crippen LogP) is -2.83. The Balaban J connectivity index is 0. The van der Waals surface area contributed by atoms with Crippen molar-refractivity contribution < 1.29 is 49.4 Å². The van der Waals surface area contributed by atoms with Gasteiger partial charge in [0, 0.05) is 12.4 Å². The maximum absolute atomic E-state index is 10.0. The predicted molar refractivity (Wildman–Crippen MR) is 40.3 cm³/mol. The Bertz CT molecular complexity index is 140. The maximum atomic E-state index is 10.0. The van der Waals surface area contributed by atoms with Gasteiger partial charge in [0.1, 0.15) is 0 Å². The smallest absolute Gasteiger partial charge is 0.550 e. The minimum absolute atomic E-state index is 0. The third kappa shape index (κ3) is 14.8. The van der Waals surface area contributed by atoms with Gasteiger partial charge in [0.05, 0.1) is 0 Å². The molecule has 4 nitrogen and oxygen atoms in total. The average Bonchev–Trinajstić information content (AvgIpc) is 1.95. The van der Waals surface area contributed by atoms with Gasteiger partial charge in [-0.05, 0) is 19.3 Å². The van der Waals surface area contributed by atoms with Crippen molar-refractivity contribution in [1.29, 1.82) is 0 Å². The number of carboxylic acids is 2. The number of aliphatic carboxylic acids is 2. The first kappa shape index (κ1) is 15.4. The summed E-state index contributed by atoms with van der Waals surface area (Å²) in [5.41, 5.74) is 0. The number of hydrogen-bond donors (Lipinski definition) is 1. The van der Waals surface area contributed by atoms with E-state index in [1.54, 1.807) is 0 Å². The zero-order chi connectivity index (χ0) is 9.40. The first-order valence-corrected chi connectivity index (χ1v) is 4.04. The van der Waals surface area contributed by atoms with E-state index in [1.807, 2.05) is 0 Å². The van der Waals surface area contributed by atoms with Gasteiger partial charge in [0.25, 0.3) is 0 Å². The molecule has 0 bridgehead atoms. The number of unbranched alkanes of at least 4 members (excludes halogenated alkanes) is 3. The minimum Gasteiger partial charge on any atom is -0.550 e. The molecule has 1 N–H and O–H groups in total. The van der Waals surface area contributed by atoms with E-state index in [4.69, 9.17) is 5.11 Å². The van der Waals surface area contributed by atoms with Crippen LogP contribution in [-0.4, -0.2) is 17.0 Å².